The lowest BCUT2D eigenvalue weighted by Gasteiger charge is -2.44. The van der Waals surface area contributed by atoms with E-state index in [-0.39, 0.29) is 37.9 Å². The number of rotatable bonds is 2. The smallest absolute Gasteiger partial charge is 0.0152 e. The van der Waals surface area contributed by atoms with Crippen molar-refractivity contribution in [2.24, 2.45) is 0 Å². The van der Waals surface area contributed by atoms with Crippen LogP contribution in [-0.4, -0.2) is 0 Å². The lowest BCUT2D eigenvalue weighted by atomic mass is 9.60. The monoisotopic (exact) mass is 533 g/mol. The average Bonchev–Trinajstić information content (AvgIpc) is 2.67. The van der Waals surface area contributed by atoms with Crippen molar-refractivity contribution in [1.82, 2.24) is 0 Å². The molecule has 0 amide bonds. The molecule has 0 nitrogen and oxygen atoms in total. The first-order valence-corrected chi connectivity index (χ1v) is 15.3. The van der Waals surface area contributed by atoms with Crippen molar-refractivity contribution in [2.75, 3.05) is 0 Å². The molecule has 0 N–H and O–H groups in total. The predicted molar refractivity (Wildman–Crippen MR) is 177 cm³/mol. The Labute approximate surface area is 244 Å². The molecule has 0 atom stereocenters. The number of benzene rings is 2. The molecule has 0 fully saturated rings. The van der Waals surface area contributed by atoms with E-state index in [1.54, 1.807) is 0 Å². The third-order valence-corrected chi connectivity index (χ3v) is 8.42. The van der Waals surface area contributed by atoms with Gasteiger partial charge in [-0.3, -0.25) is 0 Å². The summed E-state index contributed by atoms with van der Waals surface area (Å²) in [5.41, 5.74) is 12.0. The van der Waals surface area contributed by atoms with Crippen LogP contribution in [0.4, 0.5) is 0 Å². The molecule has 0 saturated heterocycles. The second kappa shape index (κ2) is 9.77. The molecule has 2 rings (SSSR count). The van der Waals surface area contributed by atoms with Crippen LogP contribution in [0.3, 0.4) is 0 Å². The van der Waals surface area contributed by atoms with Crippen LogP contribution in [0.25, 0.3) is 0 Å². The Kier molecular flexibility index (Phi) is 8.43. The lowest BCUT2D eigenvalue weighted by Crippen LogP contribution is -2.35. The Morgan fingerprint density at radius 2 is 0.641 bits per heavy atom. The molecule has 0 aliphatic rings. The van der Waals surface area contributed by atoms with Crippen LogP contribution < -0.4 is 0 Å². The fourth-order valence-corrected chi connectivity index (χ4v) is 6.42. The molecule has 0 unspecified atom stereocenters. The molecule has 0 aromatic heterocycles. The van der Waals surface area contributed by atoms with Crippen molar-refractivity contribution in [3.8, 4) is 0 Å². The third kappa shape index (κ3) is 6.85. The Balaban J connectivity index is 3.29. The highest BCUT2D eigenvalue weighted by molar-refractivity contribution is 5.59. The molecule has 0 aliphatic heterocycles. The molecule has 39 heavy (non-hydrogen) atoms. The van der Waals surface area contributed by atoms with Gasteiger partial charge in [0.25, 0.3) is 0 Å². The highest BCUT2D eigenvalue weighted by Gasteiger charge is 2.41. The summed E-state index contributed by atoms with van der Waals surface area (Å²) in [6.07, 6.45) is 0. The Morgan fingerprint density at radius 1 is 0.308 bits per heavy atom. The molecule has 0 heterocycles. The van der Waals surface area contributed by atoms with Gasteiger partial charge in [0.15, 0.2) is 0 Å². The molecular weight excluding hydrogens is 468 g/mol. The Hall–Kier alpha value is -1.56. The minimum absolute atomic E-state index is 0.00681. The zero-order valence-corrected chi connectivity index (χ0v) is 29.8. The van der Waals surface area contributed by atoms with Crippen molar-refractivity contribution in [1.29, 1.82) is 0 Å². The molecule has 0 bridgehead atoms. The molecule has 0 heteroatoms. The zero-order chi connectivity index (χ0) is 30.9. The fraction of sp³-hybridized carbons (Fsp3) is 0.692. The average molecular weight is 533 g/mol. The van der Waals surface area contributed by atoms with E-state index < -0.39 is 0 Å². The highest BCUT2D eigenvalue weighted by atomic mass is 14.4. The molecule has 2 aromatic rings. The van der Waals surface area contributed by atoms with Gasteiger partial charge in [-0.1, -0.05) is 163 Å². The zero-order valence-electron chi connectivity index (χ0n) is 29.8. The maximum absolute atomic E-state index is 2.57. The van der Waals surface area contributed by atoms with E-state index in [0.717, 1.165) is 0 Å². The quantitative estimate of drug-likeness (QED) is 0.361. The van der Waals surface area contributed by atoms with Crippen LogP contribution in [0.1, 0.15) is 183 Å². The van der Waals surface area contributed by atoms with Crippen LogP contribution in [0.2, 0.25) is 0 Å². The summed E-state index contributed by atoms with van der Waals surface area (Å²) in [6.45, 7) is 48.0. The predicted octanol–water partition coefficient (Wildman–Crippen LogP) is 11.8. The summed E-state index contributed by atoms with van der Waals surface area (Å²) >= 11 is 0. The minimum atomic E-state index is -0.178. The van der Waals surface area contributed by atoms with E-state index in [4.69, 9.17) is 0 Å². The first-order chi connectivity index (χ1) is 16.9. The van der Waals surface area contributed by atoms with Gasteiger partial charge < -0.3 is 0 Å². The maximum Gasteiger partial charge on any atom is 0.0152 e. The van der Waals surface area contributed by atoms with Gasteiger partial charge in [-0.05, 0) is 77.0 Å². The van der Waals surface area contributed by atoms with E-state index in [9.17, 15) is 0 Å². The molecule has 0 spiro atoms. The fourth-order valence-electron chi connectivity index (χ4n) is 6.42. The summed E-state index contributed by atoms with van der Waals surface area (Å²) in [6, 6.07) is 10.0. The second-order valence-electron chi connectivity index (χ2n) is 19.0. The summed E-state index contributed by atoms with van der Waals surface area (Å²) in [5.74, 6) is 0. The van der Waals surface area contributed by atoms with E-state index in [1.165, 1.54) is 44.5 Å². The number of hydrogen-bond acceptors (Lipinski definition) is 0. The van der Waals surface area contributed by atoms with E-state index in [0.29, 0.717) is 0 Å². The summed E-state index contributed by atoms with van der Waals surface area (Å²) in [7, 11) is 0. The van der Waals surface area contributed by atoms with Gasteiger partial charge in [0.2, 0.25) is 0 Å². The van der Waals surface area contributed by atoms with Gasteiger partial charge in [0.05, 0.1) is 0 Å². The molecule has 220 valence electrons. The second-order valence-corrected chi connectivity index (χ2v) is 19.0. The largest absolute Gasteiger partial charge is 0.0579 e. The molecule has 0 radical (unpaired) electrons. The van der Waals surface area contributed by atoms with Gasteiger partial charge >= 0.3 is 0 Å². The third-order valence-electron chi connectivity index (χ3n) is 8.42. The molecule has 0 aliphatic carbocycles. The van der Waals surface area contributed by atoms with Crippen molar-refractivity contribution < 1.29 is 0 Å². The van der Waals surface area contributed by atoms with Crippen LogP contribution in [0.15, 0.2) is 24.3 Å². The highest BCUT2D eigenvalue weighted by Crippen LogP contribution is 2.50. The molecule has 0 saturated carbocycles. The van der Waals surface area contributed by atoms with Gasteiger partial charge in [-0.2, -0.15) is 0 Å². The maximum atomic E-state index is 2.57. The summed E-state index contributed by atoms with van der Waals surface area (Å²) < 4.78 is 0. The van der Waals surface area contributed by atoms with Crippen molar-refractivity contribution >= 4 is 0 Å². The Bertz CT molecular complexity index is 1190. The first-order valence-electron chi connectivity index (χ1n) is 15.3. The van der Waals surface area contributed by atoms with Gasteiger partial charge in [0, 0.05) is 5.41 Å². The van der Waals surface area contributed by atoms with Crippen LogP contribution in [0, 0.1) is 0 Å². The topological polar surface area (TPSA) is 0 Å². The summed E-state index contributed by atoms with van der Waals surface area (Å²) in [4.78, 5) is 0. The standard InChI is InChI=1S/C39H64/c1-33(2,3)25-23-28(35(7,8)9)30(36(10,11)12)29(24-25)39(19,20)27-22-21-26(34(4,5)6)31(37(13,14)15)32(27)38(16,17)18/h21-24H,1-20H3. The minimum Gasteiger partial charge on any atom is -0.0579 e. The normalized spacial score (nSPS) is 14.7. The van der Waals surface area contributed by atoms with E-state index in [1.807, 2.05) is 0 Å². The SMILES string of the molecule is CC(C)(C)c1cc(C(C)(C)C)c(C(C)(C)C)c(C(C)(C)c2ccc(C(C)(C)C)c(C(C)(C)C)c2C(C)(C)C)c1. The van der Waals surface area contributed by atoms with Gasteiger partial charge in [-0.15, -0.1) is 0 Å². The Morgan fingerprint density at radius 3 is 0.974 bits per heavy atom. The van der Waals surface area contributed by atoms with Crippen LogP contribution in [-0.2, 0) is 37.9 Å². The number of hydrogen-bond donors (Lipinski definition) is 0. The molecule has 2 aromatic carbocycles. The van der Waals surface area contributed by atoms with E-state index >= 15 is 0 Å². The van der Waals surface area contributed by atoms with Crippen molar-refractivity contribution in [2.45, 2.75) is 176 Å². The van der Waals surface area contributed by atoms with Crippen LogP contribution in [0.5, 0.6) is 0 Å². The first kappa shape index (κ1) is 33.6. The van der Waals surface area contributed by atoms with Crippen molar-refractivity contribution in [3.63, 3.8) is 0 Å². The van der Waals surface area contributed by atoms with Gasteiger partial charge in [0.1, 0.15) is 0 Å². The summed E-state index contributed by atoms with van der Waals surface area (Å²) in [5, 5.41) is 0. The van der Waals surface area contributed by atoms with E-state index in [2.05, 4.69) is 163 Å². The lowest BCUT2D eigenvalue weighted by molar-refractivity contribution is 0.474. The molecular formula is C39H64. The van der Waals surface area contributed by atoms with Gasteiger partial charge in [-0.25, -0.2) is 0 Å². The van der Waals surface area contributed by atoms with Crippen molar-refractivity contribution in [3.05, 3.63) is 68.8 Å². The van der Waals surface area contributed by atoms with Crippen LogP contribution >= 0.6 is 0 Å².